The maximum atomic E-state index is 12.4. The third-order valence-corrected chi connectivity index (χ3v) is 6.40. The molecule has 0 saturated carbocycles. The molecule has 0 spiro atoms. The molecule has 0 atom stereocenters. The number of thioether (sulfide) groups is 1. The summed E-state index contributed by atoms with van der Waals surface area (Å²) in [5.74, 6) is 1.39. The lowest BCUT2D eigenvalue weighted by atomic mass is 10.1. The van der Waals surface area contributed by atoms with E-state index in [1.807, 2.05) is 42.7 Å². The van der Waals surface area contributed by atoms with E-state index in [1.54, 1.807) is 0 Å². The first kappa shape index (κ1) is 21.2. The standard InChI is InChI=1S/C22H19ClN8OS/c1-12-7-8-13(2)17(9-12)30-19(15-5-3-4-6-16(15)23)27-28-22(30)33-11-14-10-18(32)31-21(25-14)26-20(24)29-31/h3-10H,11H2,1-2H3,(H3,24,25,26,29). The largest absolute Gasteiger partial charge is 0.368 e. The predicted octanol–water partition coefficient (Wildman–Crippen LogP) is 3.81. The molecule has 3 heterocycles. The van der Waals surface area contributed by atoms with Crippen molar-refractivity contribution in [2.24, 2.45) is 0 Å². The second-order valence-corrected chi connectivity index (χ2v) is 8.88. The van der Waals surface area contributed by atoms with Gasteiger partial charge in [0.2, 0.25) is 5.95 Å². The summed E-state index contributed by atoms with van der Waals surface area (Å²) in [6, 6.07) is 15.2. The van der Waals surface area contributed by atoms with Crippen LogP contribution in [0.3, 0.4) is 0 Å². The second kappa shape index (κ2) is 8.38. The fourth-order valence-electron chi connectivity index (χ4n) is 3.51. The molecule has 3 N–H and O–H groups in total. The zero-order chi connectivity index (χ0) is 23.1. The van der Waals surface area contributed by atoms with Crippen molar-refractivity contribution in [3.63, 3.8) is 0 Å². The van der Waals surface area contributed by atoms with E-state index in [0.29, 0.717) is 27.5 Å². The highest BCUT2D eigenvalue weighted by Crippen LogP contribution is 2.34. The van der Waals surface area contributed by atoms with Crippen molar-refractivity contribution in [2.75, 3.05) is 5.73 Å². The Morgan fingerprint density at radius 1 is 1.09 bits per heavy atom. The summed E-state index contributed by atoms with van der Waals surface area (Å²) in [5, 5.41) is 12.8. The minimum atomic E-state index is -0.285. The van der Waals surface area contributed by atoms with Crippen molar-refractivity contribution < 1.29 is 0 Å². The van der Waals surface area contributed by atoms with Gasteiger partial charge in [-0.25, -0.2) is 4.98 Å². The maximum absolute atomic E-state index is 12.4. The molecule has 166 valence electrons. The molecular weight excluding hydrogens is 460 g/mol. The lowest BCUT2D eigenvalue weighted by Crippen LogP contribution is -2.15. The smallest absolute Gasteiger partial charge is 0.274 e. The number of benzene rings is 2. The van der Waals surface area contributed by atoms with Crippen molar-refractivity contribution >= 4 is 35.1 Å². The molecule has 5 rings (SSSR count). The van der Waals surface area contributed by atoms with Crippen LogP contribution >= 0.6 is 23.4 Å². The molecule has 3 aromatic heterocycles. The van der Waals surface area contributed by atoms with Crippen molar-refractivity contribution in [1.29, 1.82) is 0 Å². The molecule has 11 heteroatoms. The molecule has 0 radical (unpaired) electrons. The van der Waals surface area contributed by atoms with Gasteiger partial charge in [-0.1, -0.05) is 47.6 Å². The third kappa shape index (κ3) is 3.98. The Kier molecular flexibility index (Phi) is 5.39. The lowest BCUT2D eigenvalue weighted by Gasteiger charge is -2.14. The van der Waals surface area contributed by atoms with Crippen LogP contribution in [-0.4, -0.2) is 34.3 Å². The van der Waals surface area contributed by atoms with E-state index in [2.05, 4.69) is 43.5 Å². The van der Waals surface area contributed by atoms with Crippen LogP contribution in [0.2, 0.25) is 5.02 Å². The predicted molar refractivity (Wildman–Crippen MR) is 129 cm³/mol. The van der Waals surface area contributed by atoms with Gasteiger partial charge in [-0.2, -0.15) is 9.50 Å². The zero-order valence-electron chi connectivity index (χ0n) is 17.8. The number of nitrogens with zero attached hydrogens (tertiary/aromatic N) is 6. The van der Waals surface area contributed by atoms with Crippen LogP contribution in [0.25, 0.3) is 22.9 Å². The number of aromatic nitrogens is 7. The molecule has 33 heavy (non-hydrogen) atoms. The van der Waals surface area contributed by atoms with Gasteiger partial charge in [0.25, 0.3) is 11.3 Å². The normalized spacial score (nSPS) is 11.4. The van der Waals surface area contributed by atoms with Crippen LogP contribution in [0.1, 0.15) is 16.8 Å². The van der Waals surface area contributed by atoms with E-state index in [4.69, 9.17) is 17.3 Å². The molecule has 0 aliphatic heterocycles. The maximum Gasteiger partial charge on any atom is 0.274 e. The van der Waals surface area contributed by atoms with Gasteiger partial charge in [0, 0.05) is 17.4 Å². The van der Waals surface area contributed by atoms with Gasteiger partial charge in [-0.15, -0.1) is 10.2 Å². The average Bonchev–Trinajstić information content (AvgIpc) is 3.37. The number of aryl methyl sites for hydroxylation is 2. The van der Waals surface area contributed by atoms with Gasteiger partial charge in [-0.3, -0.25) is 14.5 Å². The first-order valence-electron chi connectivity index (χ1n) is 10.1. The Morgan fingerprint density at radius 2 is 1.91 bits per heavy atom. The molecule has 0 fully saturated rings. The van der Waals surface area contributed by atoms with Gasteiger partial charge >= 0.3 is 0 Å². The number of rotatable bonds is 5. The number of H-pyrrole nitrogens is 1. The van der Waals surface area contributed by atoms with Gasteiger partial charge < -0.3 is 5.73 Å². The minimum absolute atomic E-state index is 0.128. The molecule has 0 aliphatic carbocycles. The van der Waals surface area contributed by atoms with Crippen LogP contribution in [0.5, 0.6) is 0 Å². The Labute approximate surface area is 197 Å². The number of fused-ring (bicyclic) bond motifs is 1. The summed E-state index contributed by atoms with van der Waals surface area (Å²) >= 11 is 7.91. The zero-order valence-corrected chi connectivity index (χ0v) is 19.4. The van der Waals surface area contributed by atoms with E-state index in [1.165, 1.54) is 22.3 Å². The van der Waals surface area contributed by atoms with Gasteiger partial charge in [0.1, 0.15) is 0 Å². The Hall–Kier alpha value is -3.63. The highest BCUT2D eigenvalue weighted by molar-refractivity contribution is 7.98. The van der Waals surface area contributed by atoms with E-state index < -0.39 is 0 Å². The van der Waals surface area contributed by atoms with Crippen LogP contribution in [0.4, 0.5) is 5.95 Å². The van der Waals surface area contributed by atoms with Crippen molar-refractivity contribution in [1.82, 2.24) is 34.3 Å². The number of hydrogen-bond acceptors (Lipinski definition) is 7. The molecule has 5 aromatic rings. The van der Waals surface area contributed by atoms with E-state index in [9.17, 15) is 4.79 Å². The molecular formula is C22H19ClN8OS. The number of anilines is 1. The van der Waals surface area contributed by atoms with E-state index >= 15 is 0 Å². The topological polar surface area (TPSA) is 120 Å². The van der Waals surface area contributed by atoms with Crippen molar-refractivity contribution in [3.05, 3.63) is 80.7 Å². The number of aromatic amines is 1. The average molecular weight is 479 g/mol. The summed E-state index contributed by atoms with van der Waals surface area (Å²) in [6.07, 6.45) is 0. The summed E-state index contributed by atoms with van der Waals surface area (Å²) < 4.78 is 3.20. The summed E-state index contributed by atoms with van der Waals surface area (Å²) in [6.45, 7) is 4.08. The Balaban J connectivity index is 1.59. The van der Waals surface area contributed by atoms with Crippen LogP contribution in [-0.2, 0) is 5.75 Å². The summed E-state index contributed by atoms with van der Waals surface area (Å²) in [4.78, 5) is 20.8. The monoisotopic (exact) mass is 478 g/mol. The Bertz CT molecular complexity index is 1550. The van der Waals surface area contributed by atoms with E-state index in [-0.39, 0.29) is 17.3 Å². The molecule has 0 saturated heterocycles. The highest BCUT2D eigenvalue weighted by Gasteiger charge is 2.20. The van der Waals surface area contributed by atoms with Crippen LogP contribution < -0.4 is 11.3 Å². The number of nitrogen functional groups attached to an aromatic ring is 1. The SMILES string of the molecule is Cc1ccc(C)c(-n2c(SCc3cc(=O)n4[nH]c(N)nc4n3)nnc2-c2ccccc2Cl)c1. The third-order valence-electron chi connectivity index (χ3n) is 5.10. The fourth-order valence-corrected chi connectivity index (χ4v) is 4.57. The first-order chi connectivity index (χ1) is 15.9. The highest BCUT2D eigenvalue weighted by atomic mass is 35.5. The van der Waals surface area contributed by atoms with E-state index in [0.717, 1.165) is 22.4 Å². The van der Waals surface area contributed by atoms with Gasteiger partial charge in [0.15, 0.2) is 11.0 Å². The number of nitrogens with two attached hydrogens (primary N) is 1. The van der Waals surface area contributed by atoms with Crippen LogP contribution in [0.15, 0.2) is 58.5 Å². The minimum Gasteiger partial charge on any atom is -0.368 e. The lowest BCUT2D eigenvalue weighted by molar-refractivity contribution is 0.874. The van der Waals surface area contributed by atoms with Crippen molar-refractivity contribution in [3.8, 4) is 17.1 Å². The summed E-state index contributed by atoms with van der Waals surface area (Å²) in [7, 11) is 0. The fraction of sp³-hybridized carbons (Fsp3) is 0.136. The number of halogens is 1. The molecule has 0 bridgehead atoms. The quantitative estimate of drug-likeness (QED) is 0.368. The molecule has 2 aromatic carbocycles. The van der Waals surface area contributed by atoms with Crippen LogP contribution in [0, 0.1) is 13.8 Å². The summed E-state index contributed by atoms with van der Waals surface area (Å²) in [5.41, 5.74) is 9.85. The number of nitrogens with one attached hydrogen (secondary N) is 1. The number of hydrogen-bond donors (Lipinski definition) is 2. The molecule has 9 nitrogen and oxygen atoms in total. The van der Waals surface area contributed by atoms with Crippen molar-refractivity contribution in [2.45, 2.75) is 24.8 Å². The first-order valence-corrected chi connectivity index (χ1v) is 11.4. The Morgan fingerprint density at radius 3 is 2.73 bits per heavy atom. The molecule has 0 unspecified atom stereocenters. The molecule has 0 aliphatic rings. The van der Waals surface area contributed by atoms with Gasteiger partial charge in [-0.05, 0) is 43.2 Å². The van der Waals surface area contributed by atoms with Gasteiger partial charge in [0.05, 0.1) is 16.4 Å². The molecule has 0 amide bonds. The second-order valence-electron chi connectivity index (χ2n) is 7.53.